The summed E-state index contributed by atoms with van der Waals surface area (Å²) in [5, 5.41) is 3.28. The molecule has 0 unspecified atom stereocenters. The second-order valence-electron chi connectivity index (χ2n) is 6.18. The lowest BCUT2D eigenvalue weighted by atomic mass is 9.75. The first-order valence-electron chi connectivity index (χ1n) is 8.44. The number of rotatable bonds is 4. The van der Waals surface area contributed by atoms with E-state index in [4.69, 9.17) is 4.74 Å². The van der Waals surface area contributed by atoms with E-state index < -0.39 is 0 Å². The Morgan fingerprint density at radius 1 is 1.33 bits per heavy atom. The molecule has 0 saturated carbocycles. The molecule has 0 saturated heterocycles. The molecule has 5 nitrogen and oxygen atoms in total. The number of hydrogen-bond donors (Lipinski definition) is 1. The zero-order chi connectivity index (χ0) is 17.1. The molecule has 3 rings (SSSR count). The monoisotopic (exact) mass is 326 g/mol. The second-order valence-corrected chi connectivity index (χ2v) is 6.18. The van der Waals surface area contributed by atoms with Crippen LogP contribution in [0, 0.1) is 0 Å². The molecule has 2 aliphatic rings. The number of nitrogens with one attached hydrogen (secondary N) is 1. The van der Waals surface area contributed by atoms with Gasteiger partial charge in [-0.3, -0.25) is 9.78 Å². The fourth-order valence-corrected chi connectivity index (χ4v) is 3.42. The molecule has 2 heterocycles. The lowest BCUT2D eigenvalue weighted by molar-refractivity contribution is -0.139. The number of ether oxygens (including phenoxy) is 1. The van der Waals surface area contributed by atoms with Crippen LogP contribution in [-0.4, -0.2) is 23.3 Å². The fourth-order valence-electron chi connectivity index (χ4n) is 3.42. The van der Waals surface area contributed by atoms with E-state index in [0.29, 0.717) is 24.2 Å². The predicted octanol–water partition coefficient (Wildman–Crippen LogP) is 3.00. The average Bonchev–Trinajstić information content (AvgIpc) is 2.59. The summed E-state index contributed by atoms with van der Waals surface area (Å²) >= 11 is 0. The summed E-state index contributed by atoms with van der Waals surface area (Å²) in [6.45, 7) is 4.21. The smallest absolute Gasteiger partial charge is 0.336 e. The molecule has 1 N–H and O–H groups in total. The maximum absolute atomic E-state index is 12.7. The number of carbonyl (C=O) groups is 2. The second kappa shape index (κ2) is 6.99. The molecule has 126 valence electrons. The van der Waals surface area contributed by atoms with Crippen molar-refractivity contribution in [2.45, 2.75) is 45.4 Å². The van der Waals surface area contributed by atoms with E-state index in [-0.39, 0.29) is 17.7 Å². The van der Waals surface area contributed by atoms with E-state index in [9.17, 15) is 9.59 Å². The summed E-state index contributed by atoms with van der Waals surface area (Å²) in [4.78, 5) is 29.3. The SMILES string of the molecule is CCCOC(=O)C1=C(C)NC2=C(C(=O)CCC2)[C@H]1c1ccncc1. The number of Topliss-reactive ketones (excluding diaryl/α,β-unsaturated/α-hetero) is 1. The van der Waals surface area contributed by atoms with Crippen LogP contribution in [0.4, 0.5) is 0 Å². The zero-order valence-electron chi connectivity index (χ0n) is 14.1. The number of hydrogen-bond acceptors (Lipinski definition) is 5. The number of allylic oxidation sites excluding steroid dienone is 3. The molecule has 5 heteroatoms. The molecule has 1 atom stereocenters. The van der Waals surface area contributed by atoms with Crippen molar-refractivity contribution in [1.82, 2.24) is 10.3 Å². The molecule has 0 bridgehead atoms. The van der Waals surface area contributed by atoms with E-state index in [1.165, 1.54) is 0 Å². The molecule has 0 aromatic carbocycles. The van der Waals surface area contributed by atoms with Crippen LogP contribution < -0.4 is 5.32 Å². The molecule has 0 spiro atoms. The van der Waals surface area contributed by atoms with Gasteiger partial charge in [-0.1, -0.05) is 6.92 Å². The Balaban J connectivity index is 2.09. The van der Waals surface area contributed by atoms with Gasteiger partial charge >= 0.3 is 5.97 Å². The summed E-state index contributed by atoms with van der Waals surface area (Å²) in [6, 6.07) is 3.73. The Labute approximate surface area is 141 Å². The first-order valence-corrected chi connectivity index (χ1v) is 8.44. The predicted molar refractivity (Wildman–Crippen MR) is 89.9 cm³/mol. The van der Waals surface area contributed by atoms with Gasteiger partial charge in [0.25, 0.3) is 0 Å². The minimum atomic E-state index is -0.374. The third kappa shape index (κ3) is 2.98. The van der Waals surface area contributed by atoms with Gasteiger partial charge in [-0.05, 0) is 43.9 Å². The highest BCUT2D eigenvalue weighted by molar-refractivity contribution is 6.03. The molecule has 1 aliphatic carbocycles. The highest BCUT2D eigenvalue weighted by atomic mass is 16.5. The van der Waals surface area contributed by atoms with Crippen LogP contribution >= 0.6 is 0 Å². The number of carbonyl (C=O) groups excluding carboxylic acids is 2. The zero-order valence-corrected chi connectivity index (χ0v) is 14.1. The van der Waals surface area contributed by atoms with Crippen LogP contribution in [0.25, 0.3) is 0 Å². The fraction of sp³-hybridized carbons (Fsp3) is 0.421. The van der Waals surface area contributed by atoms with E-state index >= 15 is 0 Å². The van der Waals surface area contributed by atoms with E-state index in [2.05, 4.69) is 10.3 Å². The van der Waals surface area contributed by atoms with Gasteiger partial charge in [-0.25, -0.2) is 4.79 Å². The van der Waals surface area contributed by atoms with E-state index in [1.54, 1.807) is 12.4 Å². The van der Waals surface area contributed by atoms with Gasteiger partial charge in [0.05, 0.1) is 12.2 Å². The third-order valence-electron chi connectivity index (χ3n) is 4.47. The molecule has 0 fully saturated rings. The summed E-state index contributed by atoms with van der Waals surface area (Å²) < 4.78 is 5.38. The van der Waals surface area contributed by atoms with Gasteiger partial charge in [0.2, 0.25) is 0 Å². The number of dihydropyridines is 1. The minimum absolute atomic E-state index is 0.110. The summed E-state index contributed by atoms with van der Waals surface area (Å²) in [7, 11) is 0. The van der Waals surface area contributed by atoms with Crippen molar-refractivity contribution in [2.24, 2.45) is 0 Å². The highest BCUT2D eigenvalue weighted by Gasteiger charge is 2.38. The van der Waals surface area contributed by atoms with E-state index in [1.807, 2.05) is 26.0 Å². The number of ketones is 1. The van der Waals surface area contributed by atoms with Crippen LogP contribution in [0.1, 0.15) is 51.0 Å². The van der Waals surface area contributed by atoms with Crippen LogP contribution in [0.2, 0.25) is 0 Å². The Morgan fingerprint density at radius 2 is 2.08 bits per heavy atom. The lowest BCUT2D eigenvalue weighted by Crippen LogP contribution is -2.34. The van der Waals surface area contributed by atoms with Gasteiger partial charge in [0, 0.05) is 41.7 Å². The summed E-state index contributed by atoms with van der Waals surface area (Å²) in [5.41, 5.74) is 3.85. The minimum Gasteiger partial charge on any atom is -0.462 e. The van der Waals surface area contributed by atoms with Crippen molar-refractivity contribution in [2.75, 3.05) is 6.61 Å². The Hall–Kier alpha value is -2.43. The maximum atomic E-state index is 12.7. The molecular weight excluding hydrogens is 304 g/mol. The first-order chi connectivity index (χ1) is 11.6. The number of nitrogens with zero attached hydrogens (tertiary/aromatic N) is 1. The molecule has 0 radical (unpaired) electrons. The first kappa shape index (κ1) is 16.4. The molecule has 24 heavy (non-hydrogen) atoms. The lowest BCUT2D eigenvalue weighted by Gasteiger charge is -2.34. The molecular formula is C19H22N2O3. The van der Waals surface area contributed by atoms with Crippen LogP contribution in [0.3, 0.4) is 0 Å². The Morgan fingerprint density at radius 3 is 2.79 bits per heavy atom. The van der Waals surface area contributed by atoms with Crippen LogP contribution in [-0.2, 0) is 14.3 Å². The highest BCUT2D eigenvalue weighted by Crippen LogP contribution is 2.42. The van der Waals surface area contributed by atoms with Crippen molar-refractivity contribution >= 4 is 11.8 Å². The van der Waals surface area contributed by atoms with Crippen molar-refractivity contribution < 1.29 is 14.3 Å². The normalized spacial score (nSPS) is 20.6. The van der Waals surface area contributed by atoms with Gasteiger partial charge in [0.1, 0.15) is 0 Å². The van der Waals surface area contributed by atoms with Gasteiger partial charge in [-0.2, -0.15) is 0 Å². The van der Waals surface area contributed by atoms with Gasteiger partial charge in [-0.15, -0.1) is 0 Å². The maximum Gasteiger partial charge on any atom is 0.336 e. The standard InChI is InChI=1S/C19H22N2O3/c1-3-11-24-19(23)16-12(2)21-14-5-4-6-15(22)18(14)17(16)13-7-9-20-10-8-13/h7-10,17,21H,3-6,11H2,1-2H3/t17-/m0/s1. The van der Waals surface area contributed by atoms with Crippen molar-refractivity contribution in [3.05, 3.63) is 52.6 Å². The summed E-state index contributed by atoms with van der Waals surface area (Å²) in [5.74, 6) is -0.617. The van der Waals surface area contributed by atoms with Crippen LogP contribution in [0.5, 0.6) is 0 Å². The van der Waals surface area contributed by atoms with Crippen molar-refractivity contribution in [3.8, 4) is 0 Å². The summed E-state index contributed by atoms with van der Waals surface area (Å²) in [6.07, 6.45) is 6.34. The molecule has 1 aromatic heterocycles. The topological polar surface area (TPSA) is 68.3 Å². The molecule has 1 aliphatic heterocycles. The van der Waals surface area contributed by atoms with Gasteiger partial charge in [0.15, 0.2) is 5.78 Å². The third-order valence-corrected chi connectivity index (χ3v) is 4.47. The number of pyridine rings is 1. The Bertz CT molecular complexity index is 719. The van der Waals surface area contributed by atoms with Gasteiger partial charge < -0.3 is 10.1 Å². The largest absolute Gasteiger partial charge is 0.462 e. The van der Waals surface area contributed by atoms with Crippen LogP contribution in [0.15, 0.2) is 47.1 Å². The average molecular weight is 326 g/mol. The quantitative estimate of drug-likeness (QED) is 0.862. The molecule has 0 amide bonds. The number of aromatic nitrogens is 1. The Kier molecular flexibility index (Phi) is 4.79. The van der Waals surface area contributed by atoms with Crippen molar-refractivity contribution in [3.63, 3.8) is 0 Å². The molecule has 1 aromatic rings. The van der Waals surface area contributed by atoms with Crippen molar-refractivity contribution in [1.29, 1.82) is 0 Å². The van der Waals surface area contributed by atoms with E-state index in [0.717, 1.165) is 36.2 Å². The number of esters is 1.